The van der Waals surface area contributed by atoms with Gasteiger partial charge in [-0.2, -0.15) is 15.2 Å². The van der Waals surface area contributed by atoms with Gasteiger partial charge >= 0.3 is 5.97 Å². The fourth-order valence-corrected chi connectivity index (χ4v) is 3.26. The summed E-state index contributed by atoms with van der Waals surface area (Å²) in [4.78, 5) is 19.5. The Labute approximate surface area is 159 Å². The van der Waals surface area contributed by atoms with Crippen molar-refractivity contribution in [2.45, 2.75) is 26.8 Å². The summed E-state index contributed by atoms with van der Waals surface area (Å²) in [5, 5.41) is 27.9. The predicted molar refractivity (Wildman–Crippen MR) is 101 cm³/mol. The Bertz CT molecular complexity index is 1190. The summed E-state index contributed by atoms with van der Waals surface area (Å²) in [6.45, 7) is 6.06. The molecule has 1 atom stereocenters. The predicted octanol–water partition coefficient (Wildman–Crippen LogP) is 2.64. The normalized spacial score (nSPS) is 12.4. The minimum Gasteiger partial charge on any atom is -0.492 e. The highest BCUT2D eigenvalue weighted by atomic mass is 16.4. The van der Waals surface area contributed by atoms with Crippen molar-refractivity contribution in [3.8, 4) is 11.8 Å². The van der Waals surface area contributed by atoms with Crippen LogP contribution in [0.1, 0.15) is 40.0 Å². The van der Waals surface area contributed by atoms with Crippen molar-refractivity contribution < 1.29 is 15.0 Å². The molecule has 4 rings (SSSR count). The van der Waals surface area contributed by atoms with Gasteiger partial charge in [-0.05, 0) is 26.3 Å². The van der Waals surface area contributed by atoms with E-state index in [1.807, 2.05) is 20.8 Å². The lowest BCUT2D eigenvalue weighted by molar-refractivity contribution is 0.0697. The maximum Gasteiger partial charge on any atom is 0.338 e. The van der Waals surface area contributed by atoms with Crippen LogP contribution in [0.15, 0.2) is 36.8 Å². The summed E-state index contributed by atoms with van der Waals surface area (Å²) >= 11 is 0. The summed E-state index contributed by atoms with van der Waals surface area (Å²) in [5.74, 6) is -1.29. The molecule has 0 saturated carbocycles. The van der Waals surface area contributed by atoms with E-state index < -0.39 is 5.97 Å². The number of aromatic hydroxyl groups is 1. The molecule has 142 valence electrons. The minimum absolute atomic E-state index is 0.00215. The molecule has 9 nitrogen and oxygen atoms in total. The number of hydrogen-bond acceptors (Lipinski definition) is 6. The van der Waals surface area contributed by atoms with Crippen LogP contribution in [0.4, 0.5) is 0 Å². The molecular formula is C19H18N6O3. The number of fused-ring (bicyclic) bond motifs is 1. The van der Waals surface area contributed by atoms with E-state index in [2.05, 4.69) is 38.4 Å². The molecule has 0 fully saturated rings. The Hall–Kier alpha value is -3.75. The molecule has 0 radical (unpaired) electrons. The van der Waals surface area contributed by atoms with Gasteiger partial charge in [0.05, 0.1) is 24.0 Å². The first-order valence-corrected chi connectivity index (χ1v) is 8.64. The number of aromatic carboxylic acids is 1. The van der Waals surface area contributed by atoms with Gasteiger partial charge < -0.3 is 10.2 Å². The molecule has 1 aromatic carbocycles. The van der Waals surface area contributed by atoms with Crippen molar-refractivity contribution in [1.82, 2.24) is 29.5 Å². The number of aryl methyl sites for hydroxylation is 2. The van der Waals surface area contributed by atoms with E-state index in [1.54, 1.807) is 10.9 Å². The molecule has 28 heavy (non-hydrogen) atoms. The van der Waals surface area contributed by atoms with Crippen molar-refractivity contribution >= 4 is 17.0 Å². The molecular weight excluding hydrogens is 360 g/mol. The van der Waals surface area contributed by atoms with Crippen molar-refractivity contribution in [1.29, 1.82) is 0 Å². The van der Waals surface area contributed by atoms with Gasteiger partial charge in [-0.1, -0.05) is 29.3 Å². The van der Waals surface area contributed by atoms with E-state index >= 15 is 0 Å². The van der Waals surface area contributed by atoms with Crippen LogP contribution in [-0.2, 0) is 0 Å². The summed E-state index contributed by atoms with van der Waals surface area (Å²) < 4.78 is 2.88. The zero-order chi connectivity index (χ0) is 20.0. The molecule has 0 bridgehead atoms. The van der Waals surface area contributed by atoms with Gasteiger partial charge in [-0.25, -0.2) is 14.5 Å². The van der Waals surface area contributed by atoms with Gasteiger partial charge in [0, 0.05) is 6.20 Å². The molecule has 0 amide bonds. The fourth-order valence-electron chi connectivity index (χ4n) is 3.26. The minimum atomic E-state index is -1.10. The highest BCUT2D eigenvalue weighted by molar-refractivity contribution is 5.87. The standard InChI is InChI=1S/C19H18N6O3/c1-10-4-11(2)6-13(5-10)12(3)25-16-15(8-21-25)22-19(23-17(16)26)24-9-14(7-20-24)18(27)28/h4-9,12H,1-3H3,(H,27,28)(H,22,23,26). The van der Waals surface area contributed by atoms with Crippen LogP contribution in [0.25, 0.3) is 17.0 Å². The lowest BCUT2D eigenvalue weighted by Gasteiger charge is -2.16. The van der Waals surface area contributed by atoms with E-state index in [9.17, 15) is 9.90 Å². The molecule has 1 unspecified atom stereocenters. The summed E-state index contributed by atoms with van der Waals surface area (Å²) in [7, 11) is 0. The van der Waals surface area contributed by atoms with E-state index in [0.717, 1.165) is 16.7 Å². The molecule has 0 saturated heterocycles. The van der Waals surface area contributed by atoms with Gasteiger partial charge in [0.1, 0.15) is 11.0 Å². The second kappa shape index (κ2) is 6.45. The molecule has 0 aliphatic rings. The molecule has 3 aromatic heterocycles. The highest BCUT2D eigenvalue weighted by Crippen LogP contribution is 2.28. The number of carbonyl (C=O) groups is 1. The monoisotopic (exact) mass is 378 g/mol. The molecule has 4 aromatic rings. The van der Waals surface area contributed by atoms with Gasteiger partial charge in [0.2, 0.25) is 5.88 Å². The first-order valence-electron chi connectivity index (χ1n) is 8.64. The maximum atomic E-state index is 11.0. The van der Waals surface area contributed by atoms with Crippen LogP contribution in [0.2, 0.25) is 0 Å². The Morgan fingerprint density at radius 1 is 1.07 bits per heavy atom. The molecule has 3 heterocycles. The molecule has 2 N–H and O–H groups in total. The lowest BCUT2D eigenvalue weighted by atomic mass is 10.0. The SMILES string of the molecule is Cc1cc(C)cc(C(C)n2ncc3nc(-n4cc(C(=O)O)cn4)nc(O)c32)c1. The van der Waals surface area contributed by atoms with Gasteiger partial charge in [-0.15, -0.1) is 0 Å². The van der Waals surface area contributed by atoms with Crippen LogP contribution in [0, 0.1) is 13.8 Å². The third-order valence-electron chi connectivity index (χ3n) is 4.54. The quantitative estimate of drug-likeness (QED) is 0.560. The second-order valence-corrected chi connectivity index (χ2v) is 6.75. The van der Waals surface area contributed by atoms with Crippen molar-refractivity contribution in [2.75, 3.05) is 0 Å². The summed E-state index contributed by atoms with van der Waals surface area (Å²) in [6, 6.07) is 6.11. The second-order valence-electron chi connectivity index (χ2n) is 6.75. The number of nitrogens with zero attached hydrogens (tertiary/aromatic N) is 6. The Balaban J connectivity index is 1.79. The largest absolute Gasteiger partial charge is 0.492 e. The smallest absolute Gasteiger partial charge is 0.338 e. The van der Waals surface area contributed by atoms with Crippen molar-refractivity contribution in [2.24, 2.45) is 0 Å². The average molecular weight is 378 g/mol. The third-order valence-corrected chi connectivity index (χ3v) is 4.54. The molecule has 9 heteroatoms. The van der Waals surface area contributed by atoms with Gasteiger partial charge in [0.25, 0.3) is 5.95 Å². The number of hydrogen-bond donors (Lipinski definition) is 2. The van der Waals surface area contributed by atoms with Crippen LogP contribution >= 0.6 is 0 Å². The van der Waals surface area contributed by atoms with E-state index in [4.69, 9.17) is 5.11 Å². The highest BCUT2D eigenvalue weighted by Gasteiger charge is 2.19. The van der Waals surface area contributed by atoms with Crippen molar-refractivity contribution in [3.63, 3.8) is 0 Å². The van der Waals surface area contributed by atoms with Crippen LogP contribution in [-0.4, -0.2) is 45.7 Å². The number of aromatic nitrogens is 6. The zero-order valence-electron chi connectivity index (χ0n) is 15.5. The lowest BCUT2D eigenvalue weighted by Crippen LogP contribution is -2.10. The molecule has 0 aliphatic heterocycles. The van der Waals surface area contributed by atoms with Crippen molar-refractivity contribution in [3.05, 3.63) is 59.0 Å². The number of benzene rings is 1. The summed E-state index contributed by atoms with van der Waals surface area (Å²) in [6.07, 6.45) is 4.02. The first-order chi connectivity index (χ1) is 13.3. The Morgan fingerprint density at radius 3 is 2.43 bits per heavy atom. The third kappa shape index (κ3) is 2.96. The topological polar surface area (TPSA) is 119 Å². The van der Waals surface area contributed by atoms with E-state index in [0.29, 0.717) is 11.0 Å². The zero-order valence-corrected chi connectivity index (χ0v) is 15.5. The Morgan fingerprint density at radius 2 is 1.79 bits per heavy atom. The molecule has 0 aliphatic carbocycles. The van der Waals surface area contributed by atoms with E-state index in [-0.39, 0.29) is 23.4 Å². The van der Waals surface area contributed by atoms with Gasteiger partial charge in [-0.3, -0.25) is 4.68 Å². The summed E-state index contributed by atoms with van der Waals surface area (Å²) in [5.41, 5.74) is 4.20. The maximum absolute atomic E-state index is 11.0. The van der Waals surface area contributed by atoms with Gasteiger partial charge in [0.15, 0.2) is 0 Å². The molecule has 0 spiro atoms. The number of carboxylic acid groups (broad SMARTS) is 1. The van der Waals surface area contributed by atoms with Crippen LogP contribution in [0.5, 0.6) is 5.88 Å². The number of carboxylic acids is 1. The number of rotatable bonds is 4. The van der Waals surface area contributed by atoms with E-state index in [1.165, 1.54) is 17.1 Å². The fraction of sp³-hybridized carbons (Fsp3) is 0.211. The Kier molecular flexibility index (Phi) is 4.07. The first kappa shape index (κ1) is 17.7. The van der Waals surface area contributed by atoms with Crippen LogP contribution < -0.4 is 0 Å². The van der Waals surface area contributed by atoms with Crippen LogP contribution in [0.3, 0.4) is 0 Å². The average Bonchev–Trinajstić information content (AvgIpc) is 3.27.